The summed E-state index contributed by atoms with van der Waals surface area (Å²) >= 11 is 0. The van der Waals surface area contributed by atoms with Crippen LogP contribution in [0.3, 0.4) is 0 Å². The lowest BCUT2D eigenvalue weighted by atomic mass is 9.71. The number of hydrogen-bond acceptors (Lipinski definition) is 14. The van der Waals surface area contributed by atoms with Crippen LogP contribution < -0.4 is 0 Å². The van der Waals surface area contributed by atoms with E-state index in [0.717, 1.165) is 6.42 Å². The number of esters is 4. The van der Waals surface area contributed by atoms with Crippen molar-refractivity contribution in [3.8, 4) is 0 Å². The predicted molar refractivity (Wildman–Crippen MR) is 233 cm³/mol. The van der Waals surface area contributed by atoms with Gasteiger partial charge in [0, 0.05) is 50.9 Å². The molecule has 19 atom stereocenters. The Morgan fingerprint density at radius 2 is 1.48 bits per heavy atom. The molecule has 5 aliphatic rings. The molecule has 14 heteroatoms. The van der Waals surface area contributed by atoms with Crippen LogP contribution in [0.5, 0.6) is 0 Å². The number of methoxy groups -OCH3 is 1. The molecule has 360 valence electrons. The van der Waals surface area contributed by atoms with E-state index in [1.165, 1.54) is 27.9 Å². The van der Waals surface area contributed by atoms with E-state index in [0.29, 0.717) is 57.8 Å². The van der Waals surface area contributed by atoms with E-state index in [9.17, 15) is 24.3 Å². The maximum Gasteiger partial charge on any atom is 0.311 e. The third-order valence-corrected chi connectivity index (χ3v) is 15.7. The molecule has 5 rings (SSSR count). The summed E-state index contributed by atoms with van der Waals surface area (Å²) < 4.78 is 58.4. The van der Waals surface area contributed by atoms with Crippen LogP contribution >= 0.6 is 0 Å². The first-order chi connectivity index (χ1) is 29.5. The Hall–Kier alpha value is -2.62. The molecule has 0 aliphatic carbocycles. The van der Waals surface area contributed by atoms with Crippen molar-refractivity contribution < 1.29 is 66.9 Å². The first kappa shape index (κ1) is 51.4. The highest BCUT2D eigenvalue weighted by atomic mass is 16.8. The lowest BCUT2D eigenvalue weighted by Gasteiger charge is -2.55. The fourth-order valence-corrected chi connectivity index (χ4v) is 11.9. The molecule has 1 N–H and O–H groups in total. The fraction of sp³-hybridized carbons (Fsp3) is 0.878. The molecule has 0 saturated carbocycles. The van der Waals surface area contributed by atoms with Gasteiger partial charge in [-0.05, 0) is 95.6 Å². The fourth-order valence-electron chi connectivity index (χ4n) is 11.9. The summed E-state index contributed by atoms with van der Waals surface area (Å²) in [6.07, 6.45) is 5.40. The van der Waals surface area contributed by atoms with E-state index in [1.54, 1.807) is 0 Å². The van der Waals surface area contributed by atoms with Gasteiger partial charge in [-0.3, -0.25) is 19.2 Å². The Balaban J connectivity index is 1.47. The molecule has 4 saturated heterocycles. The van der Waals surface area contributed by atoms with Gasteiger partial charge in [-0.1, -0.05) is 55.4 Å². The molecule has 5 aliphatic heterocycles. The highest BCUT2D eigenvalue weighted by Gasteiger charge is 2.64. The van der Waals surface area contributed by atoms with Gasteiger partial charge in [0.05, 0.1) is 54.7 Å². The third-order valence-electron chi connectivity index (χ3n) is 15.7. The largest absolute Gasteiger partial charge is 0.469 e. The lowest BCUT2D eigenvalue weighted by molar-refractivity contribution is -0.411. The molecule has 63 heavy (non-hydrogen) atoms. The second-order valence-corrected chi connectivity index (χ2v) is 20.1. The van der Waals surface area contributed by atoms with Crippen LogP contribution in [0, 0.1) is 41.4 Å². The third kappa shape index (κ3) is 10.7. The highest BCUT2D eigenvalue weighted by Crippen LogP contribution is 2.55. The number of hydrogen-bond donors (Lipinski definition) is 1. The Morgan fingerprint density at radius 1 is 0.810 bits per heavy atom. The number of carbonyl (C=O) groups is 4. The van der Waals surface area contributed by atoms with Gasteiger partial charge in [0.25, 0.3) is 0 Å². The molecule has 5 heterocycles. The van der Waals surface area contributed by atoms with Crippen molar-refractivity contribution in [2.45, 2.75) is 226 Å². The average Bonchev–Trinajstić information content (AvgIpc) is 3.57. The van der Waals surface area contributed by atoms with Crippen molar-refractivity contribution in [3.63, 3.8) is 0 Å². The Morgan fingerprint density at radius 3 is 2.05 bits per heavy atom. The zero-order valence-corrected chi connectivity index (χ0v) is 40.6. The summed E-state index contributed by atoms with van der Waals surface area (Å²) in [4.78, 5) is 51.4. The van der Waals surface area contributed by atoms with E-state index in [2.05, 4.69) is 20.8 Å². The Labute approximate surface area is 376 Å². The maximum atomic E-state index is 13.1. The molecular weight excluding hydrogens is 813 g/mol. The van der Waals surface area contributed by atoms with Crippen LogP contribution in [-0.4, -0.2) is 108 Å². The zero-order valence-electron chi connectivity index (χ0n) is 40.6. The van der Waals surface area contributed by atoms with Crippen LogP contribution in [0.4, 0.5) is 0 Å². The summed E-state index contributed by atoms with van der Waals surface area (Å²) in [5.74, 6) is -6.15. The van der Waals surface area contributed by atoms with E-state index in [1.807, 2.05) is 60.6 Å². The standard InChI is InChI=1S/C49H80O14/c1-15-36(45(53)55-14)38-19-18-27(4)41(60-38)30(7)43(58-34(11)51)31(8)44(59-35(12)52)37(16-2)42-28(5)26-29(6)48(61-42)23-21-40(57-33(10)50)49(63-48)25-24-46(13,62-49)39-20-22-47(54,17-3)32(9)56-39/h21,23,27-32,36-44,54H,15-20,22,24-26H2,1-14H3/t27-,28-,29+,30+,31-,32-,36+,37+,38+,39+,40+,41+,42-,43-,44+,46-,47+,48-,49-/m0/s1. The number of ether oxygens (including phenoxy) is 9. The minimum Gasteiger partial charge on any atom is -0.469 e. The molecule has 4 fully saturated rings. The summed E-state index contributed by atoms with van der Waals surface area (Å²) in [6, 6.07) is 0. The van der Waals surface area contributed by atoms with Crippen molar-refractivity contribution in [1.29, 1.82) is 0 Å². The summed E-state index contributed by atoms with van der Waals surface area (Å²) in [5.41, 5.74) is -1.74. The molecule has 0 radical (unpaired) electrons. The molecule has 0 amide bonds. The monoisotopic (exact) mass is 893 g/mol. The van der Waals surface area contributed by atoms with Gasteiger partial charge in [0.15, 0.2) is 11.9 Å². The quantitative estimate of drug-likeness (QED) is 0.0960. The predicted octanol–water partition coefficient (Wildman–Crippen LogP) is 7.78. The van der Waals surface area contributed by atoms with Gasteiger partial charge in [-0.25, -0.2) is 0 Å². The van der Waals surface area contributed by atoms with Crippen molar-refractivity contribution in [2.75, 3.05) is 7.11 Å². The normalized spacial score (nSPS) is 40.9. The van der Waals surface area contributed by atoms with Crippen LogP contribution in [0.15, 0.2) is 12.2 Å². The second-order valence-electron chi connectivity index (χ2n) is 20.1. The van der Waals surface area contributed by atoms with E-state index in [-0.39, 0.29) is 53.9 Å². The van der Waals surface area contributed by atoms with Crippen molar-refractivity contribution in [1.82, 2.24) is 0 Å². The van der Waals surface area contributed by atoms with Crippen LogP contribution in [0.2, 0.25) is 0 Å². The highest BCUT2D eigenvalue weighted by molar-refractivity contribution is 5.73. The van der Waals surface area contributed by atoms with E-state index < -0.39 is 83.0 Å². The van der Waals surface area contributed by atoms with Crippen LogP contribution in [0.25, 0.3) is 0 Å². The maximum absolute atomic E-state index is 13.1. The summed E-state index contributed by atoms with van der Waals surface area (Å²) in [6.45, 7) is 24.3. The Kier molecular flexibility index (Phi) is 16.7. The molecule has 14 nitrogen and oxygen atoms in total. The first-order valence-corrected chi connectivity index (χ1v) is 23.9. The van der Waals surface area contributed by atoms with Crippen LogP contribution in [-0.2, 0) is 61.8 Å². The van der Waals surface area contributed by atoms with E-state index >= 15 is 0 Å². The van der Waals surface area contributed by atoms with Crippen molar-refractivity contribution >= 4 is 23.9 Å². The minimum atomic E-state index is -1.40. The second kappa shape index (κ2) is 20.5. The molecule has 0 bridgehead atoms. The number of carbonyl (C=O) groups excluding carboxylic acids is 4. The zero-order chi connectivity index (χ0) is 46.8. The van der Waals surface area contributed by atoms with E-state index in [4.69, 9.17) is 42.6 Å². The van der Waals surface area contributed by atoms with Gasteiger partial charge >= 0.3 is 23.9 Å². The molecule has 0 aromatic carbocycles. The topological polar surface area (TPSA) is 172 Å². The van der Waals surface area contributed by atoms with Crippen LogP contribution in [0.1, 0.15) is 154 Å². The average molecular weight is 893 g/mol. The molecule has 0 unspecified atom stereocenters. The molecule has 2 spiro atoms. The molecule has 0 aromatic rings. The van der Waals surface area contributed by atoms with Gasteiger partial charge < -0.3 is 47.7 Å². The number of rotatable bonds is 15. The smallest absolute Gasteiger partial charge is 0.311 e. The summed E-state index contributed by atoms with van der Waals surface area (Å²) in [5, 5.41) is 11.2. The first-order valence-electron chi connectivity index (χ1n) is 23.9. The Bertz CT molecular complexity index is 1640. The van der Waals surface area contributed by atoms with Gasteiger partial charge in [-0.2, -0.15) is 0 Å². The van der Waals surface area contributed by atoms with Gasteiger partial charge in [0.2, 0.25) is 5.79 Å². The van der Waals surface area contributed by atoms with Gasteiger partial charge in [-0.15, -0.1) is 0 Å². The molecular formula is C49H80O14. The SMILES string of the molecule is CC[C@@H]([C@H](OC(C)=O)[C@@H](C)[C@@H](OC(C)=O)[C@H](C)[C@@H]1O[C@@H]([C@@H](CC)C(=O)OC)CC[C@@H]1C)[C@H]1O[C@]2(C=C[C@@H](OC(C)=O)[C@]3(CC[C@@](C)([C@H]4CC[C@](O)(CC)[C@H](C)O4)O3)O2)[C@H](C)C[C@@H]1C. The lowest BCUT2D eigenvalue weighted by Crippen LogP contribution is -2.64. The molecule has 0 aromatic heterocycles. The number of aliphatic hydroxyl groups is 1. The van der Waals surface area contributed by atoms with Gasteiger partial charge in [0.1, 0.15) is 12.2 Å². The summed E-state index contributed by atoms with van der Waals surface area (Å²) in [7, 11) is 1.39. The van der Waals surface area contributed by atoms with Crippen molar-refractivity contribution in [2.24, 2.45) is 41.4 Å². The minimum absolute atomic E-state index is 0.0134. The van der Waals surface area contributed by atoms with Crippen molar-refractivity contribution in [3.05, 3.63) is 12.2 Å².